The first kappa shape index (κ1) is 20.7. The molecular formula is C25H21F2NO3. The van der Waals surface area contributed by atoms with Crippen molar-refractivity contribution < 1.29 is 23.1 Å². The molecule has 0 aromatic heterocycles. The van der Waals surface area contributed by atoms with Crippen LogP contribution >= 0.6 is 0 Å². The molecule has 3 aromatic carbocycles. The van der Waals surface area contributed by atoms with E-state index in [2.05, 4.69) is 5.32 Å². The van der Waals surface area contributed by atoms with Crippen LogP contribution in [-0.2, 0) is 17.6 Å². The Labute approximate surface area is 178 Å². The van der Waals surface area contributed by atoms with Gasteiger partial charge in [-0.15, -0.1) is 0 Å². The van der Waals surface area contributed by atoms with Gasteiger partial charge in [0.25, 0.3) is 0 Å². The molecule has 31 heavy (non-hydrogen) atoms. The summed E-state index contributed by atoms with van der Waals surface area (Å²) in [6.45, 7) is 2.25. The summed E-state index contributed by atoms with van der Waals surface area (Å²) in [6.07, 6.45) is 1.98. The Morgan fingerprint density at radius 1 is 0.968 bits per heavy atom. The van der Waals surface area contributed by atoms with E-state index in [1.807, 2.05) is 6.92 Å². The third kappa shape index (κ3) is 4.33. The van der Waals surface area contributed by atoms with Gasteiger partial charge in [-0.2, -0.15) is 0 Å². The number of hydrogen-bond donors (Lipinski definition) is 1. The van der Waals surface area contributed by atoms with Gasteiger partial charge in [0, 0.05) is 22.9 Å². The van der Waals surface area contributed by atoms with Crippen LogP contribution in [0, 0.1) is 11.6 Å². The molecule has 1 N–H and O–H groups in total. The highest BCUT2D eigenvalue weighted by Crippen LogP contribution is 2.29. The lowest BCUT2D eigenvalue weighted by molar-refractivity contribution is 0.0505. The van der Waals surface area contributed by atoms with E-state index in [1.165, 1.54) is 12.1 Å². The van der Waals surface area contributed by atoms with Crippen molar-refractivity contribution >= 4 is 23.1 Å². The molecule has 0 atom stereocenters. The number of halogens is 2. The molecule has 0 amide bonds. The van der Waals surface area contributed by atoms with Gasteiger partial charge in [-0.05, 0) is 72.9 Å². The van der Waals surface area contributed by atoms with Crippen LogP contribution in [0.2, 0.25) is 0 Å². The molecule has 4 rings (SSSR count). The number of nitrogens with one attached hydrogen (secondary N) is 1. The highest BCUT2D eigenvalue weighted by Gasteiger charge is 2.23. The van der Waals surface area contributed by atoms with Gasteiger partial charge in [-0.3, -0.25) is 4.79 Å². The molecule has 4 nitrogen and oxygen atoms in total. The number of ether oxygens (including phenoxy) is 1. The van der Waals surface area contributed by atoms with Crippen molar-refractivity contribution in [2.24, 2.45) is 0 Å². The number of rotatable bonds is 5. The van der Waals surface area contributed by atoms with E-state index >= 15 is 0 Å². The minimum absolute atomic E-state index is 0.153. The molecule has 3 aromatic rings. The van der Waals surface area contributed by atoms with Gasteiger partial charge in [0.05, 0.1) is 17.9 Å². The first-order valence-electron chi connectivity index (χ1n) is 10.2. The Balaban J connectivity index is 1.62. The third-order valence-corrected chi connectivity index (χ3v) is 5.25. The number of anilines is 2. The van der Waals surface area contributed by atoms with Crippen LogP contribution in [-0.4, -0.2) is 18.4 Å². The zero-order valence-corrected chi connectivity index (χ0v) is 17.0. The lowest BCUT2D eigenvalue weighted by Gasteiger charge is -2.11. The van der Waals surface area contributed by atoms with Gasteiger partial charge in [-0.1, -0.05) is 13.0 Å². The number of esters is 1. The topological polar surface area (TPSA) is 55.4 Å². The fourth-order valence-corrected chi connectivity index (χ4v) is 3.67. The number of benzene rings is 3. The smallest absolute Gasteiger partial charge is 0.338 e. The van der Waals surface area contributed by atoms with E-state index in [0.717, 1.165) is 23.6 Å². The van der Waals surface area contributed by atoms with Crippen molar-refractivity contribution in [1.82, 2.24) is 0 Å². The summed E-state index contributed by atoms with van der Waals surface area (Å²) in [5, 5.41) is 2.94. The molecule has 1 aliphatic carbocycles. The number of carbonyl (C=O) groups is 2. The first-order valence-corrected chi connectivity index (χ1v) is 10.2. The molecule has 0 spiro atoms. The predicted octanol–water partition coefficient (Wildman–Crippen LogP) is 5.60. The van der Waals surface area contributed by atoms with Crippen molar-refractivity contribution in [2.45, 2.75) is 26.2 Å². The van der Waals surface area contributed by atoms with Crippen LogP contribution in [0.5, 0.6) is 0 Å². The number of ketones is 1. The molecule has 6 heteroatoms. The van der Waals surface area contributed by atoms with E-state index in [1.54, 1.807) is 36.4 Å². The Morgan fingerprint density at radius 2 is 1.77 bits per heavy atom. The van der Waals surface area contributed by atoms with E-state index < -0.39 is 17.6 Å². The van der Waals surface area contributed by atoms with E-state index in [0.29, 0.717) is 41.8 Å². The van der Waals surface area contributed by atoms with Crippen molar-refractivity contribution in [3.05, 3.63) is 94.0 Å². The summed E-state index contributed by atoms with van der Waals surface area (Å²) in [5.74, 6) is -1.94. The van der Waals surface area contributed by atoms with E-state index in [-0.39, 0.29) is 11.5 Å². The quantitative estimate of drug-likeness (QED) is 0.545. The molecule has 0 unspecified atom stereocenters. The molecule has 1 aliphatic rings. The highest BCUT2D eigenvalue weighted by molar-refractivity contribution is 6.12. The molecule has 0 saturated carbocycles. The Hall–Kier alpha value is -3.54. The van der Waals surface area contributed by atoms with Crippen LogP contribution in [0.4, 0.5) is 20.2 Å². The normalized spacial score (nSPS) is 12.5. The maximum atomic E-state index is 14.0. The van der Waals surface area contributed by atoms with Gasteiger partial charge in [-0.25, -0.2) is 13.6 Å². The van der Waals surface area contributed by atoms with Crippen LogP contribution in [0.15, 0.2) is 54.6 Å². The Kier molecular flexibility index (Phi) is 5.80. The van der Waals surface area contributed by atoms with Gasteiger partial charge in [0.1, 0.15) is 11.6 Å². The van der Waals surface area contributed by atoms with Crippen LogP contribution < -0.4 is 5.32 Å². The fourth-order valence-electron chi connectivity index (χ4n) is 3.67. The number of aryl methyl sites for hydroxylation is 2. The predicted molar refractivity (Wildman–Crippen MR) is 114 cm³/mol. The summed E-state index contributed by atoms with van der Waals surface area (Å²) < 4.78 is 32.3. The zero-order chi connectivity index (χ0) is 22.0. The maximum absolute atomic E-state index is 14.0. The maximum Gasteiger partial charge on any atom is 0.338 e. The molecule has 0 radical (unpaired) electrons. The second-order valence-electron chi connectivity index (χ2n) is 7.46. The average Bonchev–Trinajstić information content (AvgIpc) is 2.90. The number of carbonyl (C=O) groups excluding carboxylic acids is 2. The SMILES string of the molecule is CCCOC(=O)c1ccc2c(c1)C(=O)c1ccc(Nc3ccc(F)cc3F)cc1CC2. The van der Waals surface area contributed by atoms with Crippen LogP contribution in [0.25, 0.3) is 0 Å². The van der Waals surface area contributed by atoms with Crippen LogP contribution in [0.3, 0.4) is 0 Å². The summed E-state index contributed by atoms with van der Waals surface area (Å²) in [7, 11) is 0. The Morgan fingerprint density at radius 3 is 2.55 bits per heavy atom. The Bertz CT molecular complexity index is 1170. The van der Waals surface area contributed by atoms with Crippen LogP contribution in [0.1, 0.15) is 50.8 Å². The van der Waals surface area contributed by atoms with Gasteiger partial charge in [0.15, 0.2) is 5.78 Å². The number of hydrogen-bond acceptors (Lipinski definition) is 4. The lowest BCUT2D eigenvalue weighted by Crippen LogP contribution is -2.10. The average molecular weight is 421 g/mol. The third-order valence-electron chi connectivity index (χ3n) is 5.25. The molecule has 0 heterocycles. The zero-order valence-electron chi connectivity index (χ0n) is 17.0. The van der Waals surface area contributed by atoms with Gasteiger partial charge in [0.2, 0.25) is 0 Å². The largest absolute Gasteiger partial charge is 0.462 e. The second kappa shape index (κ2) is 8.68. The van der Waals surface area contributed by atoms with Crippen molar-refractivity contribution in [3.63, 3.8) is 0 Å². The number of fused-ring (bicyclic) bond motifs is 2. The van der Waals surface area contributed by atoms with Crippen molar-refractivity contribution in [2.75, 3.05) is 11.9 Å². The molecule has 0 saturated heterocycles. The van der Waals surface area contributed by atoms with Gasteiger partial charge < -0.3 is 10.1 Å². The monoisotopic (exact) mass is 421 g/mol. The van der Waals surface area contributed by atoms with E-state index in [4.69, 9.17) is 4.74 Å². The minimum atomic E-state index is -0.694. The van der Waals surface area contributed by atoms with Crippen molar-refractivity contribution in [1.29, 1.82) is 0 Å². The van der Waals surface area contributed by atoms with Crippen molar-refractivity contribution in [3.8, 4) is 0 Å². The summed E-state index contributed by atoms with van der Waals surface area (Å²) >= 11 is 0. The summed E-state index contributed by atoms with van der Waals surface area (Å²) in [5.41, 5.74) is 3.84. The lowest BCUT2D eigenvalue weighted by atomic mass is 9.97. The van der Waals surface area contributed by atoms with Gasteiger partial charge >= 0.3 is 5.97 Å². The summed E-state index contributed by atoms with van der Waals surface area (Å²) in [6, 6.07) is 13.6. The highest BCUT2D eigenvalue weighted by atomic mass is 19.1. The molecule has 0 aliphatic heterocycles. The minimum Gasteiger partial charge on any atom is -0.462 e. The fraction of sp³-hybridized carbons (Fsp3) is 0.200. The second-order valence-corrected chi connectivity index (χ2v) is 7.46. The molecule has 158 valence electrons. The summed E-state index contributed by atoms with van der Waals surface area (Å²) in [4.78, 5) is 25.4. The molecular weight excluding hydrogens is 400 g/mol. The first-order chi connectivity index (χ1) is 15.0. The standard InChI is InChI=1S/C25H21F2NO3/c1-2-11-31-25(30)17-6-4-15-3-5-16-12-19(8-9-20(16)24(29)21(15)13-17)28-23-10-7-18(26)14-22(23)27/h4,6-10,12-14,28H,2-3,5,11H2,1H3. The molecule has 0 bridgehead atoms. The molecule has 0 fully saturated rings. The van der Waals surface area contributed by atoms with E-state index in [9.17, 15) is 18.4 Å².